The second-order valence-electron chi connectivity index (χ2n) is 3.79. The number of nitrogens with two attached hydrogens (primary N) is 1. The minimum Gasteiger partial charge on any atom is -1.00 e. The van der Waals surface area contributed by atoms with Crippen molar-refractivity contribution in [2.24, 2.45) is 0 Å². The first-order valence-electron chi connectivity index (χ1n) is 5.34. The summed E-state index contributed by atoms with van der Waals surface area (Å²) in [5.74, 6) is 1.21. The number of rotatable bonds is 4. The van der Waals surface area contributed by atoms with E-state index in [4.69, 9.17) is 10.8 Å². The molecule has 0 aliphatic carbocycles. The molecule has 0 atom stereocenters. The number of nitrogen functional groups attached to an aromatic ring is 1. The lowest BCUT2D eigenvalue weighted by Crippen LogP contribution is -3.00. The molecule has 18 heavy (non-hydrogen) atoms. The fourth-order valence-corrected chi connectivity index (χ4v) is 2.34. The Kier molecular flexibility index (Phi) is 5.46. The summed E-state index contributed by atoms with van der Waals surface area (Å²) < 4.78 is 2.03. The highest BCUT2D eigenvalue weighted by molar-refractivity contribution is 7.09. The Balaban J connectivity index is 0.00000162. The van der Waals surface area contributed by atoms with Gasteiger partial charge in [-0.1, -0.05) is 11.3 Å². The van der Waals surface area contributed by atoms with Crippen LogP contribution in [-0.4, -0.2) is 21.7 Å². The van der Waals surface area contributed by atoms with Crippen molar-refractivity contribution in [1.29, 1.82) is 0 Å². The van der Waals surface area contributed by atoms with E-state index in [-0.39, 0.29) is 19.0 Å². The highest BCUT2D eigenvalue weighted by Gasteiger charge is 2.11. The second kappa shape index (κ2) is 6.63. The van der Waals surface area contributed by atoms with Crippen LogP contribution in [0.25, 0.3) is 0 Å². The Labute approximate surface area is 116 Å². The van der Waals surface area contributed by atoms with Crippen LogP contribution in [0.2, 0.25) is 0 Å². The summed E-state index contributed by atoms with van der Waals surface area (Å²) >= 11 is 1.62. The number of aromatic nitrogens is 3. The molecule has 98 valence electrons. The van der Waals surface area contributed by atoms with Gasteiger partial charge in [0.2, 0.25) is 5.51 Å². The van der Waals surface area contributed by atoms with Crippen LogP contribution in [0.3, 0.4) is 0 Å². The van der Waals surface area contributed by atoms with Crippen LogP contribution in [0.4, 0.5) is 5.82 Å². The van der Waals surface area contributed by atoms with Gasteiger partial charge >= 0.3 is 0 Å². The van der Waals surface area contributed by atoms with Crippen molar-refractivity contribution in [3.63, 3.8) is 0 Å². The minimum atomic E-state index is 0. The van der Waals surface area contributed by atoms with Gasteiger partial charge in [0.15, 0.2) is 12.7 Å². The van der Waals surface area contributed by atoms with Gasteiger partial charge in [0.25, 0.3) is 0 Å². The first-order valence-corrected chi connectivity index (χ1v) is 6.22. The number of aliphatic hydroxyl groups excluding tert-OH is 1. The van der Waals surface area contributed by atoms with Crippen molar-refractivity contribution >= 4 is 17.2 Å². The molecule has 0 aliphatic rings. The third-order valence-corrected chi connectivity index (χ3v) is 3.37. The van der Waals surface area contributed by atoms with Crippen LogP contribution in [0.5, 0.6) is 0 Å². The summed E-state index contributed by atoms with van der Waals surface area (Å²) in [5, 5.41) is 8.85. The zero-order valence-corrected chi connectivity index (χ0v) is 11.6. The van der Waals surface area contributed by atoms with Crippen LogP contribution in [-0.2, 0) is 13.0 Å². The predicted molar refractivity (Wildman–Crippen MR) is 65.6 cm³/mol. The standard InChI is InChI=1S/C11H15N4OS.ClH/c1-8-13-4-9(11(12)14-8)5-15-6-10(2-3-16)17-7-15;/h4,6-7,16H,2-3,5H2,1H3,(H2,12,13,14);1H/q+1;/p-1. The summed E-state index contributed by atoms with van der Waals surface area (Å²) in [6, 6.07) is 0. The van der Waals surface area contributed by atoms with Crippen molar-refractivity contribution in [3.05, 3.63) is 34.2 Å². The Bertz CT molecular complexity index is 517. The topological polar surface area (TPSA) is 75.9 Å². The Morgan fingerprint density at radius 2 is 2.28 bits per heavy atom. The van der Waals surface area contributed by atoms with Gasteiger partial charge in [-0.3, -0.25) is 0 Å². The molecule has 0 aromatic carbocycles. The van der Waals surface area contributed by atoms with Gasteiger partial charge in [-0.05, 0) is 6.92 Å². The zero-order chi connectivity index (χ0) is 12.3. The van der Waals surface area contributed by atoms with Gasteiger partial charge < -0.3 is 23.2 Å². The molecule has 2 rings (SSSR count). The van der Waals surface area contributed by atoms with Crippen LogP contribution in [0.1, 0.15) is 16.3 Å². The molecule has 2 aromatic rings. The average Bonchev–Trinajstić information content (AvgIpc) is 2.71. The molecule has 0 radical (unpaired) electrons. The van der Waals surface area contributed by atoms with Gasteiger partial charge in [-0.2, -0.15) is 4.57 Å². The zero-order valence-electron chi connectivity index (χ0n) is 10.0. The summed E-state index contributed by atoms with van der Waals surface area (Å²) in [4.78, 5) is 9.42. The normalized spacial score (nSPS) is 10.1. The van der Waals surface area contributed by atoms with Crippen molar-refractivity contribution in [1.82, 2.24) is 9.97 Å². The molecule has 0 saturated carbocycles. The van der Waals surface area contributed by atoms with E-state index < -0.39 is 0 Å². The summed E-state index contributed by atoms with van der Waals surface area (Å²) in [6.45, 7) is 2.65. The smallest absolute Gasteiger partial charge is 0.225 e. The third kappa shape index (κ3) is 3.63. The number of hydrogen-bond acceptors (Lipinski definition) is 5. The monoisotopic (exact) mass is 286 g/mol. The molecule has 0 aliphatic heterocycles. The van der Waals surface area contributed by atoms with Crippen LogP contribution in [0, 0.1) is 6.92 Å². The van der Waals surface area contributed by atoms with Crippen LogP contribution in [0.15, 0.2) is 17.9 Å². The molecular weight excluding hydrogens is 272 g/mol. The molecule has 3 N–H and O–H groups in total. The molecule has 0 spiro atoms. The Morgan fingerprint density at radius 3 is 2.94 bits per heavy atom. The first-order chi connectivity index (χ1) is 8.19. The second-order valence-corrected chi connectivity index (χ2v) is 4.76. The lowest BCUT2D eigenvalue weighted by molar-refractivity contribution is -0.683. The number of aryl methyl sites for hydroxylation is 1. The highest BCUT2D eigenvalue weighted by Crippen LogP contribution is 2.09. The van der Waals surface area contributed by atoms with Crippen molar-refractivity contribution in [3.8, 4) is 0 Å². The van der Waals surface area contributed by atoms with Crippen LogP contribution < -0.4 is 22.7 Å². The van der Waals surface area contributed by atoms with E-state index in [0.717, 1.165) is 10.4 Å². The largest absolute Gasteiger partial charge is 1.00 e. The average molecular weight is 287 g/mol. The fourth-order valence-electron chi connectivity index (χ4n) is 1.53. The third-order valence-electron chi connectivity index (χ3n) is 2.38. The fraction of sp³-hybridized carbons (Fsp3) is 0.364. The van der Waals surface area contributed by atoms with E-state index in [1.54, 1.807) is 17.5 Å². The molecule has 0 unspecified atom stereocenters. The maximum atomic E-state index is 8.85. The number of thiazole rings is 1. The molecule has 7 heteroatoms. The minimum absolute atomic E-state index is 0. The predicted octanol–water partition coefficient (Wildman–Crippen LogP) is -2.70. The SMILES string of the molecule is Cc1ncc(C[n+]2csc(CCO)c2)c(N)n1.[Cl-]. The van der Waals surface area contributed by atoms with E-state index >= 15 is 0 Å². The molecule has 0 saturated heterocycles. The lowest BCUT2D eigenvalue weighted by atomic mass is 10.3. The van der Waals surface area contributed by atoms with E-state index in [2.05, 4.69) is 9.97 Å². The number of hydrogen-bond donors (Lipinski definition) is 2. The summed E-state index contributed by atoms with van der Waals surface area (Å²) in [5.41, 5.74) is 8.75. The van der Waals surface area contributed by atoms with Gasteiger partial charge in [-0.15, -0.1) is 0 Å². The van der Waals surface area contributed by atoms with Gasteiger partial charge in [0, 0.05) is 19.2 Å². The molecular formula is C11H15ClN4OS. The lowest BCUT2D eigenvalue weighted by Gasteiger charge is -2.00. The maximum Gasteiger partial charge on any atom is 0.225 e. The summed E-state index contributed by atoms with van der Waals surface area (Å²) in [6.07, 6.45) is 4.46. The number of nitrogens with zero attached hydrogens (tertiary/aromatic N) is 3. The number of halogens is 1. The molecule has 5 nitrogen and oxygen atoms in total. The molecule has 0 bridgehead atoms. The van der Waals surface area contributed by atoms with Crippen molar-refractivity contribution in [2.45, 2.75) is 19.9 Å². The number of anilines is 1. The van der Waals surface area contributed by atoms with Gasteiger partial charge in [0.1, 0.15) is 11.6 Å². The number of aliphatic hydroxyl groups is 1. The van der Waals surface area contributed by atoms with Crippen molar-refractivity contribution in [2.75, 3.05) is 12.3 Å². The van der Waals surface area contributed by atoms with Crippen molar-refractivity contribution < 1.29 is 22.1 Å². The van der Waals surface area contributed by atoms with E-state index in [0.29, 0.717) is 24.6 Å². The van der Waals surface area contributed by atoms with E-state index in [1.807, 2.05) is 23.2 Å². The molecule has 2 aromatic heterocycles. The quantitative estimate of drug-likeness (QED) is 0.600. The van der Waals surface area contributed by atoms with E-state index in [1.165, 1.54) is 0 Å². The Hall–Kier alpha value is -1.24. The van der Waals surface area contributed by atoms with Crippen LogP contribution >= 0.6 is 11.3 Å². The molecule has 2 heterocycles. The highest BCUT2D eigenvalue weighted by atomic mass is 35.5. The maximum absolute atomic E-state index is 8.85. The molecule has 0 amide bonds. The first kappa shape index (κ1) is 14.8. The summed E-state index contributed by atoms with van der Waals surface area (Å²) in [7, 11) is 0. The van der Waals surface area contributed by atoms with Gasteiger partial charge in [0.05, 0.1) is 10.4 Å². The Morgan fingerprint density at radius 1 is 1.50 bits per heavy atom. The van der Waals surface area contributed by atoms with Gasteiger partial charge in [-0.25, -0.2) is 9.97 Å². The molecule has 0 fully saturated rings. The van der Waals surface area contributed by atoms with E-state index in [9.17, 15) is 0 Å².